The molecule has 0 radical (unpaired) electrons. The van der Waals surface area contributed by atoms with Crippen LogP contribution in [0.2, 0.25) is 0 Å². The minimum atomic E-state index is -0.419. The summed E-state index contributed by atoms with van der Waals surface area (Å²) in [5.74, 6) is 0.0634. The lowest BCUT2D eigenvalue weighted by Crippen LogP contribution is -2.08. The van der Waals surface area contributed by atoms with E-state index in [4.69, 9.17) is 0 Å². The van der Waals surface area contributed by atoms with Gasteiger partial charge in [0.05, 0.1) is 5.52 Å². The molecule has 0 aliphatic carbocycles. The molecule has 0 saturated carbocycles. The third kappa shape index (κ3) is 2.01. The molecule has 15 heavy (non-hydrogen) atoms. The van der Waals surface area contributed by atoms with Gasteiger partial charge in [0.15, 0.2) is 5.82 Å². The van der Waals surface area contributed by atoms with Gasteiger partial charge >= 0.3 is 5.97 Å². The van der Waals surface area contributed by atoms with Gasteiger partial charge in [-0.3, -0.25) is 4.79 Å². The molecule has 1 aromatic heterocycles. The van der Waals surface area contributed by atoms with Gasteiger partial charge in [-0.2, -0.15) is 5.48 Å². The molecule has 0 amide bonds. The van der Waals surface area contributed by atoms with E-state index in [0.717, 1.165) is 10.9 Å². The number of hydrogen-bond donors (Lipinski definition) is 1. The Morgan fingerprint density at radius 3 is 2.93 bits per heavy atom. The van der Waals surface area contributed by atoms with Crippen molar-refractivity contribution in [2.24, 2.45) is 0 Å². The quantitative estimate of drug-likeness (QED) is 0.749. The number of anilines is 1. The number of carbonyl (C=O) groups excluding carboxylic acids is 1. The van der Waals surface area contributed by atoms with Crippen LogP contribution in [0.1, 0.15) is 6.92 Å². The molecular formula is C10H9N3O2. The third-order valence-electron chi connectivity index (χ3n) is 1.83. The van der Waals surface area contributed by atoms with Gasteiger partial charge < -0.3 is 4.84 Å². The molecule has 0 atom stereocenters. The molecule has 0 aliphatic heterocycles. The fourth-order valence-electron chi connectivity index (χ4n) is 1.21. The third-order valence-corrected chi connectivity index (χ3v) is 1.83. The number of nitrogens with zero attached hydrogens (tertiary/aromatic N) is 2. The molecule has 2 rings (SSSR count). The van der Waals surface area contributed by atoms with Crippen molar-refractivity contribution >= 4 is 22.7 Å². The second-order valence-electron chi connectivity index (χ2n) is 2.94. The second-order valence-corrected chi connectivity index (χ2v) is 2.94. The summed E-state index contributed by atoms with van der Waals surface area (Å²) >= 11 is 0. The van der Waals surface area contributed by atoms with Crippen LogP contribution >= 0.6 is 0 Å². The molecule has 2 aromatic rings. The zero-order chi connectivity index (χ0) is 10.7. The average Bonchev–Trinajstić information content (AvgIpc) is 2.26. The molecule has 1 heterocycles. The number of para-hydroxylation sites is 1. The van der Waals surface area contributed by atoms with Crippen molar-refractivity contribution in [3.8, 4) is 0 Å². The van der Waals surface area contributed by atoms with Gasteiger partial charge in [0.25, 0.3) is 0 Å². The summed E-state index contributed by atoms with van der Waals surface area (Å²) in [6, 6.07) is 7.45. The average molecular weight is 203 g/mol. The van der Waals surface area contributed by atoms with Crippen molar-refractivity contribution in [2.45, 2.75) is 6.92 Å². The Morgan fingerprint density at radius 1 is 1.33 bits per heavy atom. The van der Waals surface area contributed by atoms with E-state index >= 15 is 0 Å². The van der Waals surface area contributed by atoms with Crippen molar-refractivity contribution < 1.29 is 9.63 Å². The van der Waals surface area contributed by atoms with Crippen molar-refractivity contribution in [3.63, 3.8) is 0 Å². The fourth-order valence-corrected chi connectivity index (χ4v) is 1.21. The summed E-state index contributed by atoms with van der Waals surface area (Å²) in [7, 11) is 0. The van der Waals surface area contributed by atoms with Gasteiger partial charge in [0, 0.05) is 12.3 Å². The minimum Gasteiger partial charge on any atom is -0.342 e. The lowest BCUT2D eigenvalue weighted by atomic mass is 10.2. The smallest absolute Gasteiger partial charge is 0.329 e. The Kier molecular flexibility index (Phi) is 2.45. The SMILES string of the molecule is CC(=O)ONc1ncnc2ccccc12. The highest BCUT2D eigenvalue weighted by molar-refractivity contribution is 5.88. The summed E-state index contributed by atoms with van der Waals surface area (Å²) in [5.41, 5.74) is 3.28. The van der Waals surface area contributed by atoms with Crippen LogP contribution < -0.4 is 5.48 Å². The highest BCUT2D eigenvalue weighted by atomic mass is 16.7. The van der Waals surface area contributed by atoms with Crippen LogP contribution in [0, 0.1) is 0 Å². The molecule has 1 aromatic carbocycles. The lowest BCUT2D eigenvalue weighted by molar-refractivity contribution is -0.138. The Bertz CT molecular complexity index is 493. The Labute approximate surface area is 86.1 Å². The Balaban J connectivity index is 2.38. The molecule has 5 heteroatoms. The van der Waals surface area contributed by atoms with E-state index in [9.17, 15) is 4.79 Å². The van der Waals surface area contributed by atoms with E-state index in [1.807, 2.05) is 24.3 Å². The maximum absolute atomic E-state index is 10.6. The fraction of sp³-hybridized carbons (Fsp3) is 0.100. The number of benzene rings is 1. The highest BCUT2D eigenvalue weighted by Crippen LogP contribution is 2.17. The van der Waals surface area contributed by atoms with Gasteiger partial charge in [-0.05, 0) is 12.1 Å². The van der Waals surface area contributed by atoms with Crippen molar-refractivity contribution in [3.05, 3.63) is 30.6 Å². The highest BCUT2D eigenvalue weighted by Gasteiger charge is 2.02. The topological polar surface area (TPSA) is 64.1 Å². The van der Waals surface area contributed by atoms with Crippen LogP contribution in [0.15, 0.2) is 30.6 Å². The number of hydrogen-bond acceptors (Lipinski definition) is 5. The number of nitrogens with one attached hydrogen (secondary N) is 1. The summed E-state index contributed by atoms with van der Waals surface area (Å²) in [6.07, 6.45) is 1.41. The monoisotopic (exact) mass is 203 g/mol. The van der Waals surface area contributed by atoms with Crippen LogP contribution in [0.4, 0.5) is 5.82 Å². The number of aromatic nitrogens is 2. The van der Waals surface area contributed by atoms with Crippen molar-refractivity contribution in [1.82, 2.24) is 9.97 Å². The van der Waals surface area contributed by atoms with Crippen molar-refractivity contribution in [2.75, 3.05) is 5.48 Å². The number of carbonyl (C=O) groups is 1. The van der Waals surface area contributed by atoms with Crippen LogP contribution in [0.5, 0.6) is 0 Å². The molecule has 0 aliphatic rings. The molecule has 0 spiro atoms. The second kappa shape index (κ2) is 3.91. The van der Waals surface area contributed by atoms with E-state index in [1.165, 1.54) is 13.3 Å². The lowest BCUT2D eigenvalue weighted by Gasteiger charge is -2.05. The van der Waals surface area contributed by atoms with Gasteiger partial charge in [0.2, 0.25) is 0 Å². The van der Waals surface area contributed by atoms with E-state index in [0.29, 0.717) is 5.82 Å². The normalized spacial score (nSPS) is 9.93. The molecule has 0 bridgehead atoms. The van der Waals surface area contributed by atoms with Gasteiger partial charge in [-0.1, -0.05) is 12.1 Å². The first-order chi connectivity index (χ1) is 7.27. The minimum absolute atomic E-state index is 0.419. The standard InChI is InChI=1S/C10H9N3O2/c1-7(14)15-13-10-8-4-2-3-5-9(8)11-6-12-10/h2-6H,1H3,(H,11,12,13). The maximum Gasteiger partial charge on any atom is 0.329 e. The van der Waals surface area contributed by atoms with E-state index in [-0.39, 0.29) is 0 Å². The predicted molar refractivity (Wildman–Crippen MR) is 54.9 cm³/mol. The summed E-state index contributed by atoms with van der Waals surface area (Å²) in [6.45, 7) is 1.32. The Morgan fingerprint density at radius 2 is 2.13 bits per heavy atom. The van der Waals surface area contributed by atoms with Crippen LogP contribution in [0.25, 0.3) is 10.9 Å². The zero-order valence-corrected chi connectivity index (χ0v) is 8.10. The summed E-state index contributed by atoms with van der Waals surface area (Å²) < 4.78 is 0. The van der Waals surface area contributed by atoms with E-state index < -0.39 is 5.97 Å². The van der Waals surface area contributed by atoms with E-state index in [1.54, 1.807) is 0 Å². The Hall–Kier alpha value is -2.17. The summed E-state index contributed by atoms with van der Waals surface area (Å²) in [4.78, 5) is 23.3. The first-order valence-corrected chi connectivity index (χ1v) is 4.40. The molecule has 0 fully saturated rings. The zero-order valence-electron chi connectivity index (χ0n) is 8.10. The number of fused-ring (bicyclic) bond motifs is 1. The summed E-state index contributed by atoms with van der Waals surface area (Å²) in [5, 5.41) is 0.807. The first-order valence-electron chi connectivity index (χ1n) is 4.40. The molecule has 5 nitrogen and oxygen atoms in total. The number of rotatable bonds is 2. The molecule has 1 N–H and O–H groups in total. The largest absolute Gasteiger partial charge is 0.342 e. The van der Waals surface area contributed by atoms with E-state index in [2.05, 4.69) is 20.3 Å². The predicted octanol–water partition coefficient (Wildman–Crippen LogP) is 1.52. The molecule has 76 valence electrons. The van der Waals surface area contributed by atoms with Crippen LogP contribution in [0.3, 0.4) is 0 Å². The van der Waals surface area contributed by atoms with Gasteiger partial charge in [-0.15, -0.1) is 0 Å². The molecular weight excluding hydrogens is 194 g/mol. The van der Waals surface area contributed by atoms with Crippen LogP contribution in [-0.4, -0.2) is 15.9 Å². The maximum atomic E-state index is 10.6. The van der Waals surface area contributed by atoms with Gasteiger partial charge in [0.1, 0.15) is 6.33 Å². The van der Waals surface area contributed by atoms with Crippen LogP contribution in [-0.2, 0) is 9.63 Å². The molecule has 0 unspecified atom stereocenters. The first kappa shape index (κ1) is 9.39. The molecule has 0 saturated heterocycles. The van der Waals surface area contributed by atoms with Gasteiger partial charge in [-0.25, -0.2) is 9.97 Å². The van der Waals surface area contributed by atoms with Crippen molar-refractivity contribution in [1.29, 1.82) is 0 Å².